The van der Waals surface area contributed by atoms with E-state index >= 15 is 0 Å². The number of rotatable bonds is 4. The molecule has 8 heavy (non-hydrogen) atoms. The molecule has 0 aliphatic carbocycles. The highest BCUT2D eigenvalue weighted by atomic mass is 16.5. The van der Waals surface area contributed by atoms with Crippen LogP contribution in [0, 0.1) is 0 Å². The second-order valence-electron chi connectivity index (χ2n) is 1.64. The van der Waals surface area contributed by atoms with E-state index in [0.717, 1.165) is 0 Å². The molecule has 1 N–H and O–H groups in total. The van der Waals surface area contributed by atoms with Crippen molar-refractivity contribution in [3.8, 4) is 0 Å². The molecule has 3 nitrogen and oxygen atoms in total. The summed E-state index contributed by atoms with van der Waals surface area (Å²) in [7, 11) is 1.60. The monoisotopic (exact) mass is 117 g/mol. The summed E-state index contributed by atoms with van der Waals surface area (Å²) < 4.78 is 4.73. The lowest BCUT2D eigenvalue weighted by molar-refractivity contribution is -0.110. The van der Waals surface area contributed by atoms with E-state index in [1.807, 2.05) is 6.92 Å². The van der Waals surface area contributed by atoms with E-state index in [1.165, 1.54) is 0 Å². The maximum Gasteiger partial charge on any atom is 0.207 e. The van der Waals surface area contributed by atoms with Gasteiger partial charge in [-0.05, 0) is 6.92 Å². The van der Waals surface area contributed by atoms with E-state index in [9.17, 15) is 4.79 Å². The first-order valence-corrected chi connectivity index (χ1v) is 2.50. The van der Waals surface area contributed by atoms with Gasteiger partial charge < -0.3 is 10.1 Å². The van der Waals surface area contributed by atoms with Crippen molar-refractivity contribution in [3.05, 3.63) is 0 Å². The molecule has 0 aliphatic heterocycles. The molecule has 0 saturated heterocycles. The normalized spacial score (nSPS) is 12.8. The van der Waals surface area contributed by atoms with Crippen molar-refractivity contribution in [1.82, 2.24) is 5.32 Å². The molecule has 1 unspecified atom stereocenters. The number of amides is 1. The first-order chi connectivity index (χ1) is 3.81. The fourth-order valence-electron chi connectivity index (χ4n) is 0.414. The first-order valence-electron chi connectivity index (χ1n) is 2.50. The molecule has 48 valence electrons. The lowest BCUT2D eigenvalue weighted by Crippen LogP contribution is -2.28. The predicted molar refractivity (Wildman–Crippen MR) is 30.5 cm³/mol. The molecule has 0 heterocycles. The van der Waals surface area contributed by atoms with Gasteiger partial charge in [0.05, 0.1) is 6.61 Å². The SMILES string of the molecule is COCC(C)NC=O. The van der Waals surface area contributed by atoms with E-state index in [1.54, 1.807) is 7.11 Å². The van der Waals surface area contributed by atoms with Crippen molar-refractivity contribution in [2.45, 2.75) is 13.0 Å². The van der Waals surface area contributed by atoms with E-state index in [4.69, 9.17) is 4.74 Å². The third-order valence-corrected chi connectivity index (χ3v) is 0.769. The van der Waals surface area contributed by atoms with E-state index in [0.29, 0.717) is 13.0 Å². The quantitative estimate of drug-likeness (QED) is 0.516. The Labute approximate surface area is 49.0 Å². The molecule has 0 bridgehead atoms. The number of methoxy groups -OCH3 is 1. The molecule has 3 heteroatoms. The molecule has 0 aromatic carbocycles. The number of ether oxygens (including phenoxy) is 1. The van der Waals surface area contributed by atoms with Crippen LogP contribution in [0.15, 0.2) is 0 Å². The second kappa shape index (κ2) is 4.59. The van der Waals surface area contributed by atoms with E-state index < -0.39 is 0 Å². The summed E-state index contributed by atoms with van der Waals surface area (Å²) in [5, 5.41) is 2.54. The zero-order valence-corrected chi connectivity index (χ0v) is 5.18. The van der Waals surface area contributed by atoms with Gasteiger partial charge in [-0.3, -0.25) is 4.79 Å². The zero-order valence-electron chi connectivity index (χ0n) is 5.18. The van der Waals surface area contributed by atoms with Gasteiger partial charge in [0.2, 0.25) is 6.41 Å². The molecule has 0 aliphatic rings. The van der Waals surface area contributed by atoms with Gasteiger partial charge in [-0.2, -0.15) is 0 Å². The Bertz CT molecular complexity index is 65.4. The van der Waals surface area contributed by atoms with Crippen LogP contribution in [0.1, 0.15) is 6.92 Å². The molecular formula is C5H11NO2. The van der Waals surface area contributed by atoms with Crippen LogP contribution in [-0.2, 0) is 9.53 Å². The van der Waals surface area contributed by atoms with E-state index in [2.05, 4.69) is 5.32 Å². The molecule has 0 spiro atoms. The van der Waals surface area contributed by atoms with E-state index in [-0.39, 0.29) is 6.04 Å². The molecule has 0 rings (SSSR count). The van der Waals surface area contributed by atoms with Crippen LogP contribution in [-0.4, -0.2) is 26.2 Å². The predicted octanol–water partition coefficient (Wildman–Crippen LogP) is -0.233. The standard InChI is InChI=1S/C5H11NO2/c1-5(3-8-2)6-4-7/h4-5H,3H2,1-2H3,(H,6,7). The minimum absolute atomic E-state index is 0.123. The van der Waals surface area contributed by atoms with Gasteiger partial charge in [-0.25, -0.2) is 0 Å². The number of hydrogen-bond donors (Lipinski definition) is 1. The average molecular weight is 117 g/mol. The minimum atomic E-state index is 0.123. The summed E-state index contributed by atoms with van der Waals surface area (Å²) in [6.45, 7) is 2.44. The fraction of sp³-hybridized carbons (Fsp3) is 0.800. The van der Waals surface area contributed by atoms with Crippen molar-refractivity contribution < 1.29 is 9.53 Å². The minimum Gasteiger partial charge on any atom is -0.383 e. The van der Waals surface area contributed by atoms with Crippen LogP contribution in [0.3, 0.4) is 0 Å². The zero-order chi connectivity index (χ0) is 6.41. The lowest BCUT2D eigenvalue weighted by Gasteiger charge is -2.06. The smallest absolute Gasteiger partial charge is 0.207 e. The third kappa shape index (κ3) is 3.61. The maximum atomic E-state index is 9.72. The van der Waals surface area contributed by atoms with Crippen molar-refractivity contribution in [2.75, 3.05) is 13.7 Å². The van der Waals surface area contributed by atoms with Crippen molar-refractivity contribution in [2.24, 2.45) is 0 Å². The molecule has 1 atom stereocenters. The maximum absolute atomic E-state index is 9.72. The summed E-state index contributed by atoms with van der Waals surface area (Å²) in [6, 6.07) is 0.123. The van der Waals surface area contributed by atoms with Crippen LogP contribution in [0.25, 0.3) is 0 Å². The fourth-order valence-corrected chi connectivity index (χ4v) is 0.414. The van der Waals surface area contributed by atoms with Crippen molar-refractivity contribution in [3.63, 3.8) is 0 Å². The molecule has 0 fully saturated rings. The highest BCUT2D eigenvalue weighted by molar-refractivity contribution is 5.46. The summed E-state index contributed by atoms with van der Waals surface area (Å²) in [4.78, 5) is 9.72. The van der Waals surface area contributed by atoms with Gasteiger partial charge in [-0.15, -0.1) is 0 Å². The number of hydrogen-bond acceptors (Lipinski definition) is 2. The first kappa shape index (κ1) is 7.43. The highest BCUT2D eigenvalue weighted by Crippen LogP contribution is 1.77. The third-order valence-electron chi connectivity index (χ3n) is 0.769. The summed E-state index contributed by atoms with van der Waals surface area (Å²) >= 11 is 0. The Morgan fingerprint density at radius 1 is 1.88 bits per heavy atom. The summed E-state index contributed by atoms with van der Waals surface area (Å²) in [5.41, 5.74) is 0. The summed E-state index contributed by atoms with van der Waals surface area (Å²) in [5.74, 6) is 0. The van der Waals surface area contributed by atoms with Gasteiger partial charge >= 0.3 is 0 Å². The molecule has 0 aromatic rings. The van der Waals surface area contributed by atoms with Gasteiger partial charge in [-0.1, -0.05) is 0 Å². The van der Waals surface area contributed by atoms with Crippen LogP contribution < -0.4 is 5.32 Å². The van der Waals surface area contributed by atoms with Crippen LogP contribution in [0.5, 0.6) is 0 Å². The Morgan fingerprint density at radius 3 is 2.88 bits per heavy atom. The van der Waals surface area contributed by atoms with Gasteiger partial charge in [0.25, 0.3) is 0 Å². The van der Waals surface area contributed by atoms with Crippen molar-refractivity contribution >= 4 is 6.41 Å². The molecule has 1 amide bonds. The Kier molecular flexibility index (Phi) is 4.26. The number of carbonyl (C=O) groups is 1. The van der Waals surface area contributed by atoms with Gasteiger partial charge in [0.1, 0.15) is 0 Å². The lowest BCUT2D eigenvalue weighted by atomic mass is 10.4. The Balaban J connectivity index is 3.03. The van der Waals surface area contributed by atoms with Crippen molar-refractivity contribution in [1.29, 1.82) is 0 Å². The topological polar surface area (TPSA) is 38.3 Å². The van der Waals surface area contributed by atoms with Gasteiger partial charge in [0.15, 0.2) is 0 Å². The summed E-state index contributed by atoms with van der Waals surface area (Å²) in [6.07, 6.45) is 0.670. The Morgan fingerprint density at radius 2 is 2.50 bits per heavy atom. The van der Waals surface area contributed by atoms with Crippen LogP contribution in [0.2, 0.25) is 0 Å². The highest BCUT2D eigenvalue weighted by Gasteiger charge is 1.94. The second-order valence-corrected chi connectivity index (χ2v) is 1.64. The van der Waals surface area contributed by atoms with Crippen LogP contribution >= 0.6 is 0 Å². The number of carbonyl (C=O) groups excluding carboxylic acids is 1. The molecule has 0 aromatic heterocycles. The number of nitrogens with one attached hydrogen (secondary N) is 1. The average Bonchev–Trinajstić information content (AvgIpc) is 1.68. The molecule has 0 radical (unpaired) electrons. The molecule has 0 saturated carbocycles. The van der Waals surface area contributed by atoms with Crippen LogP contribution in [0.4, 0.5) is 0 Å². The molecular weight excluding hydrogens is 106 g/mol. The Hall–Kier alpha value is -0.570. The largest absolute Gasteiger partial charge is 0.383 e. The van der Waals surface area contributed by atoms with Gasteiger partial charge in [0, 0.05) is 13.2 Å².